The summed E-state index contributed by atoms with van der Waals surface area (Å²) in [5.74, 6) is -4.52. The Bertz CT molecular complexity index is 572. The lowest BCUT2D eigenvalue weighted by molar-refractivity contribution is -0.376. The summed E-state index contributed by atoms with van der Waals surface area (Å²) in [5.41, 5.74) is -11.2. The van der Waals surface area contributed by atoms with Crippen LogP contribution in [0.1, 0.15) is 26.3 Å². The highest BCUT2D eigenvalue weighted by molar-refractivity contribution is 5.97. The van der Waals surface area contributed by atoms with Gasteiger partial charge in [0, 0.05) is 5.56 Å². The van der Waals surface area contributed by atoms with Crippen molar-refractivity contribution in [1.29, 1.82) is 0 Å². The molecule has 0 atom stereocenters. The Morgan fingerprint density at radius 2 is 1.14 bits per heavy atom. The first kappa shape index (κ1) is 17.8. The topological polar surface area (TPSA) is 94.8 Å². The van der Waals surface area contributed by atoms with Gasteiger partial charge in [0.2, 0.25) is 0 Å². The summed E-state index contributed by atoms with van der Waals surface area (Å²) in [6.45, 7) is 0. The van der Waals surface area contributed by atoms with Crippen molar-refractivity contribution in [1.82, 2.24) is 0 Å². The Balaban J connectivity index is 3.99. The third kappa shape index (κ3) is 2.58. The van der Waals surface area contributed by atoms with E-state index in [9.17, 15) is 41.0 Å². The van der Waals surface area contributed by atoms with Crippen molar-refractivity contribution in [3.8, 4) is 0 Å². The summed E-state index contributed by atoms with van der Waals surface area (Å²) in [6, 6.07) is 1.29. The van der Waals surface area contributed by atoms with Crippen LogP contribution in [0.15, 0.2) is 18.2 Å². The van der Waals surface area contributed by atoms with E-state index < -0.39 is 46.6 Å². The van der Waals surface area contributed by atoms with Gasteiger partial charge in [-0.15, -0.1) is 0 Å². The molecule has 1 aromatic carbocycles. The zero-order valence-electron chi connectivity index (χ0n) is 10.2. The average Bonchev–Trinajstić information content (AvgIpc) is 2.33. The molecule has 122 valence electrons. The first-order valence-electron chi connectivity index (χ1n) is 5.21. The number of carboxylic acids is 2. The molecular weight excluding hydrogens is 326 g/mol. The maximum Gasteiger partial charge on any atom is 0.430 e. The minimum absolute atomic E-state index is 0.326. The van der Waals surface area contributed by atoms with E-state index in [-0.39, 0.29) is 0 Å². The molecule has 0 aliphatic heterocycles. The van der Waals surface area contributed by atoms with Crippen molar-refractivity contribution in [2.45, 2.75) is 18.0 Å². The first-order valence-corrected chi connectivity index (χ1v) is 5.21. The molecule has 11 heteroatoms. The highest BCUT2D eigenvalue weighted by Crippen LogP contribution is 2.51. The normalized spacial score (nSPS) is 13.0. The second-order valence-electron chi connectivity index (χ2n) is 4.04. The molecule has 0 radical (unpaired) electrons. The van der Waals surface area contributed by atoms with Crippen LogP contribution in [0.4, 0.5) is 26.3 Å². The molecular formula is C11H6F6O5. The van der Waals surface area contributed by atoms with Crippen molar-refractivity contribution < 1.29 is 51.3 Å². The van der Waals surface area contributed by atoms with E-state index in [2.05, 4.69) is 0 Å². The Morgan fingerprint density at radius 1 is 0.818 bits per heavy atom. The summed E-state index contributed by atoms with van der Waals surface area (Å²) < 4.78 is 76.9. The van der Waals surface area contributed by atoms with E-state index in [4.69, 9.17) is 10.2 Å². The smallest absolute Gasteiger partial charge is 0.430 e. The zero-order chi connectivity index (χ0) is 17.5. The molecule has 0 saturated carbocycles. The summed E-state index contributed by atoms with van der Waals surface area (Å²) in [4.78, 5) is 21.7. The number of aromatic carboxylic acids is 2. The van der Waals surface area contributed by atoms with Crippen LogP contribution in [0.2, 0.25) is 0 Å². The van der Waals surface area contributed by atoms with Gasteiger partial charge >= 0.3 is 24.3 Å². The molecule has 0 fully saturated rings. The Hall–Kier alpha value is -2.30. The molecule has 0 heterocycles. The highest BCUT2D eigenvalue weighted by Gasteiger charge is 2.73. The van der Waals surface area contributed by atoms with Gasteiger partial charge in [-0.3, -0.25) is 0 Å². The fourth-order valence-corrected chi connectivity index (χ4v) is 1.74. The van der Waals surface area contributed by atoms with Crippen LogP contribution in [-0.2, 0) is 5.60 Å². The minimum Gasteiger partial charge on any atom is -0.478 e. The van der Waals surface area contributed by atoms with Crippen molar-refractivity contribution in [3.63, 3.8) is 0 Å². The largest absolute Gasteiger partial charge is 0.478 e. The third-order valence-corrected chi connectivity index (χ3v) is 2.71. The van der Waals surface area contributed by atoms with E-state index in [1.807, 2.05) is 0 Å². The summed E-state index contributed by atoms with van der Waals surface area (Å²) in [7, 11) is 0. The summed E-state index contributed by atoms with van der Waals surface area (Å²) in [6.07, 6.45) is -12.8. The number of carboxylic acid groups (broad SMARTS) is 2. The number of hydrogen-bond donors (Lipinski definition) is 3. The Morgan fingerprint density at radius 3 is 1.36 bits per heavy atom. The number of aliphatic hydroxyl groups is 1. The lowest BCUT2D eigenvalue weighted by Crippen LogP contribution is -2.55. The summed E-state index contributed by atoms with van der Waals surface area (Å²) in [5, 5.41) is 26.7. The monoisotopic (exact) mass is 332 g/mol. The van der Waals surface area contributed by atoms with Crippen molar-refractivity contribution in [2.24, 2.45) is 0 Å². The van der Waals surface area contributed by atoms with Crippen LogP contribution >= 0.6 is 0 Å². The molecule has 0 aliphatic rings. The van der Waals surface area contributed by atoms with Crippen LogP contribution in [-0.4, -0.2) is 39.6 Å². The van der Waals surface area contributed by atoms with Crippen molar-refractivity contribution in [2.75, 3.05) is 0 Å². The highest BCUT2D eigenvalue weighted by atomic mass is 19.4. The molecule has 1 rings (SSSR count). The van der Waals surface area contributed by atoms with Gasteiger partial charge in [0.1, 0.15) is 0 Å². The van der Waals surface area contributed by atoms with Crippen LogP contribution in [0.25, 0.3) is 0 Å². The third-order valence-electron chi connectivity index (χ3n) is 2.71. The average molecular weight is 332 g/mol. The standard InChI is InChI=1S/C11H6F6O5/c12-10(13,14)9(22,11(15,16)17)6-4(7(18)19)2-1-3-5(6)8(20)21/h1-3,22H,(H,18,19)(H,20,21). The Kier molecular flexibility index (Phi) is 4.16. The van der Waals surface area contributed by atoms with Crippen LogP contribution in [0.5, 0.6) is 0 Å². The second kappa shape index (κ2) is 5.16. The number of carbonyl (C=O) groups is 2. The van der Waals surface area contributed by atoms with E-state index >= 15 is 0 Å². The van der Waals surface area contributed by atoms with E-state index in [0.717, 1.165) is 0 Å². The van der Waals surface area contributed by atoms with Crippen LogP contribution in [0.3, 0.4) is 0 Å². The van der Waals surface area contributed by atoms with Gasteiger partial charge in [0.15, 0.2) is 0 Å². The van der Waals surface area contributed by atoms with Crippen molar-refractivity contribution in [3.05, 3.63) is 34.9 Å². The van der Waals surface area contributed by atoms with E-state index in [1.165, 1.54) is 0 Å². The lowest BCUT2D eigenvalue weighted by atomic mass is 9.84. The van der Waals surface area contributed by atoms with Crippen molar-refractivity contribution >= 4 is 11.9 Å². The van der Waals surface area contributed by atoms with E-state index in [0.29, 0.717) is 18.2 Å². The predicted molar refractivity (Wildman–Crippen MR) is 56.4 cm³/mol. The fourth-order valence-electron chi connectivity index (χ4n) is 1.74. The number of rotatable bonds is 3. The SMILES string of the molecule is O=C(O)c1cccc(C(=O)O)c1C(O)(C(F)(F)F)C(F)(F)F. The summed E-state index contributed by atoms with van der Waals surface area (Å²) >= 11 is 0. The van der Waals surface area contributed by atoms with Gasteiger partial charge in [-0.05, 0) is 12.1 Å². The van der Waals surface area contributed by atoms with Gasteiger partial charge in [-0.1, -0.05) is 6.07 Å². The number of alkyl halides is 6. The maximum atomic E-state index is 12.8. The number of hydrogen-bond acceptors (Lipinski definition) is 3. The molecule has 5 nitrogen and oxygen atoms in total. The van der Waals surface area contributed by atoms with Gasteiger partial charge in [-0.2, -0.15) is 26.3 Å². The molecule has 0 unspecified atom stereocenters. The molecule has 0 aromatic heterocycles. The van der Waals surface area contributed by atoms with Gasteiger partial charge in [-0.25, -0.2) is 9.59 Å². The molecule has 1 aromatic rings. The molecule has 22 heavy (non-hydrogen) atoms. The van der Waals surface area contributed by atoms with Gasteiger partial charge in [0.05, 0.1) is 11.1 Å². The van der Waals surface area contributed by atoms with Gasteiger partial charge in [0.25, 0.3) is 5.60 Å². The lowest BCUT2D eigenvalue weighted by Gasteiger charge is -2.34. The van der Waals surface area contributed by atoms with Gasteiger partial charge < -0.3 is 15.3 Å². The fraction of sp³-hybridized carbons (Fsp3) is 0.273. The second-order valence-corrected chi connectivity index (χ2v) is 4.04. The zero-order valence-corrected chi connectivity index (χ0v) is 10.2. The minimum atomic E-state index is -6.40. The molecule has 0 amide bonds. The molecule has 3 N–H and O–H groups in total. The number of benzene rings is 1. The maximum absolute atomic E-state index is 12.8. The van der Waals surface area contributed by atoms with Crippen LogP contribution < -0.4 is 0 Å². The molecule has 0 aliphatic carbocycles. The Labute approximate surface area is 117 Å². The number of halogens is 6. The molecule has 0 bridgehead atoms. The van der Waals surface area contributed by atoms with Crippen LogP contribution in [0, 0.1) is 0 Å². The predicted octanol–water partition coefficient (Wildman–Crippen LogP) is 2.40. The quantitative estimate of drug-likeness (QED) is 0.739. The molecule has 0 saturated heterocycles. The molecule has 0 spiro atoms. The van der Waals surface area contributed by atoms with E-state index in [1.54, 1.807) is 0 Å². The first-order chi connectivity index (χ1) is 9.75.